The number of rotatable bonds is 6. The monoisotopic (exact) mass is 328 g/mol. The van der Waals surface area contributed by atoms with E-state index in [-0.39, 0.29) is 5.63 Å². The predicted octanol–water partition coefficient (Wildman–Crippen LogP) is 3.78. The second-order valence-corrected chi connectivity index (χ2v) is 7.22. The van der Waals surface area contributed by atoms with Crippen molar-refractivity contribution < 1.29 is 18.0 Å². The van der Waals surface area contributed by atoms with Gasteiger partial charge in [-0.15, -0.1) is 0 Å². The highest BCUT2D eigenvalue weighted by Gasteiger charge is 2.21. The molecule has 1 heterocycles. The Morgan fingerprint density at radius 2 is 1.86 bits per heavy atom. The van der Waals surface area contributed by atoms with Crippen molar-refractivity contribution in [1.29, 1.82) is 0 Å². The third-order valence-corrected chi connectivity index (χ3v) is 5.15. The van der Waals surface area contributed by atoms with E-state index in [0.29, 0.717) is 24.5 Å². The van der Waals surface area contributed by atoms with Crippen molar-refractivity contribution >= 4 is 29.5 Å². The molecule has 0 saturated heterocycles. The van der Waals surface area contributed by atoms with E-state index in [2.05, 4.69) is 0 Å². The zero-order valence-electron chi connectivity index (χ0n) is 12.1. The van der Waals surface area contributed by atoms with Crippen LogP contribution in [0.15, 0.2) is 33.5 Å². The number of hydrogen-bond donors (Lipinski definition) is 0. The molecule has 0 fully saturated rings. The largest absolute Gasteiger partial charge is 0.424 e. The molecule has 0 bridgehead atoms. The minimum absolute atomic E-state index is 0.373. The van der Waals surface area contributed by atoms with Gasteiger partial charge in [0.05, 0.1) is 13.2 Å². The zero-order valence-corrected chi connectivity index (χ0v) is 13.8. The van der Waals surface area contributed by atoms with Gasteiger partial charge < -0.3 is 8.94 Å². The van der Waals surface area contributed by atoms with E-state index in [1.165, 1.54) is 6.07 Å². The lowest BCUT2D eigenvalue weighted by molar-refractivity contribution is 0.218. The van der Waals surface area contributed by atoms with Crippen LogP contribution in [0.25, 0.3) is 11.0 Å². The highest BCUT2D eigenvalue weighted by Crippen LogP contribution is 2.50. The van der Waals surface area contributed by atoms with Crippen molar-refractivity contribution in [2.24, 2.45) is 0 Å². The second kappa shape index (κ2) is 6.71. The van der Waals surface area contributed by atoms with Crippen LogP contribution in [-0.4, -0.2) is 13.2 Å². The maximum atomic E-state index is 11.3. The van der Waals surface area contributed by atoms with Crippen molar-refractivity contribution in [1.82, 2.24) is 0 Å². The van der Waals surface area contributed by atoms with Crippen molar-refractivity contribution in [3.05, 3.63) is 40.2 Å². The molecular weight excluding hydrogens is 311 g/mol. The summed E-state index contributed by atoms with van der Waals surface area (Å²) in [6.07, 6.45) is 0. The van der Waals surface area contributed by atoms with E-state index in [1.54, 1.807) is 18.2 Å². The molecule has 0 radical (unpaired) electrons. The summed E-state index contributed by atoms with van der Waals surface area (Å²) in [4.78, 5) is 11.3. The molecule has 7 heteroatoms. The predicted molar refractivity (Wildman–Crippen MR) is 85.4 cm³/mol. The lowest BCUT2D eigenvalue weighted by Crippen LogP contribution is -2.02. The normalized spacial score (nSPS) is 11.8. The van der Waals surface area contributed by atoms with Gasteiger partial charge in [-0.2, -0.15) is 0 Å². The standard InChI is InChI=1S/C14H17O5PS/c1-4-16-20(21,17-5-2)19-11-6-7-13-12(9-11)10(3)8-14(15)18-13/h6-9H,4-5H2,1-3H3. The number of aryl methyl sites for hydroxylation is 1. The summed E-state index contributed by atoms with van der Waals surface area (Å²) in [5.41, 5.74) is 0.948. The topological polar surface area (TPSA) is 57.9 Å². The maximum absolute atomic E-state index is 11.3. The van der Waals surface area contributed by atoms with Crippen LogP contribution in [0, 0.1) is 6.92 Å². The lowest BCUT2D eigenvalue weighted by atomic mass is 10.1. The molecule has 0 aliphatic heterocycles. The molecule has 1 aromatic heterocycles. The Hall–Kier alpha value is -1.20. The Kier molecular flexibility index (Phi) is 5.17. The second-order valence-electron chi connectivity index (χ2n) is 4.28. The third kappa shape index (κ3) is 3.92. The molecule has 2 rings (SSSR count). The van der Waals surface area contributed by atoms with E-state index in [9.17, 15) is 4.79 Å². The van der Waals surface area contributed by atoms with E-state index in [4.69, 9.17) is 29.8 Å². The summed E-state index contributed by atoms with van der Waals surface area (Å²) >= 11 is 5.33. The maximum Gasteiger partial charge on any atom is 0.380 e. The van der Waals surface area contributed by atoms with Gasteiger partial charge in [0.15, 0.2) is 0 Å². The van der Waals surface area contributed by atoms with Crippen molar-refractivity contribution in [2.75, 3.05) is 13.2 Å². The first-order chi connectivity index (χ1) is 9.97. The molecule has 1 aromatic carbocycles. The van der Waals surface area contributed by atoms with Crippen molar-refractivity contribution in [3.8, 4) is 5.75 Å². The first-order valence-electron chi connectivity index (χ1n) is 6.60. The fourth-order valence-electron chi connectivity index (χ4n) is 1.89. The molecular formula is C14H17O5PS. The van der Waals surface area contributed by atoms with Crippen molar-refractivity contribution in [3.63, 3.8) is 0 Å². The Bertz CT molecular complexity index is 730. The van der Waals surface area contributed by atoms with Gasteiger partial charge in [0, 0.05) is 23.3 Å². The highest BCUT2D eigenvalue weighted by molar-refractivity contribution is 8.07. The highest BCUT2D eigenvalue weighted by atomic mass is 32.5. The molecule has 114 valence electrons. The molecule has 0 amide bonds. The quantitative estimate of drug-likeness (QED) is 0.594. The van der Waals surface area contributed by atoms with Gasteiger partial charge in [-0.05, 0) is 44.5 Å². The van der Waals surface area contributed by atoms with Crippen LogP contribution in [0.1, 0.15) is 19.4 Å². The van der Waals surface area contributed by atoms with Gasteiger partial charge in [-0.25, -0.2) is 4.79 Å². The fraction of sp³-hybridized carbons (Fsp3) is 0.357. The Balaban J connectivity index is 2.39. The first kappa shape index (κ1) is 16.2. The van der Waals surface area contributed by atoms with Crippen LogP contribution in [0.5, 0.6) is 5.75 Å². The van der Waals surface area contributed by atoms with Crippen LogP contribution < -0.4 is 10.1 Å². The van der Waals surface area contributed by atoms with E-state index in [0.717, 1.165) is 10.9 Å². The summed E-state index contributed by atoms with van der Waals surface area (Å²) in [6, 6.07) is 6.57. The van der Waals surface area contributed by atoms with Gasteiger partial charge in [0.1, 0.15) is 11.3 Å². The Morgan fingerprint density at radius 3 is 2.48 bits per heavy atom. The number of fused-ring (bicyclic) bond motifs is 1. The third-order valence-electron chi connectivity index (χ3n) is 2.71. The van der Waals surface area contributed by atoms with Crippen LogP contribution in [0.2, 0.25) is 0 Å². The summed E-state index contributed by atoms with van der Waals surface area (Å²) in [7, 11) is 0. The first-order valence-corrected chi connectivity index (χ1v) is 9.16. The van der Waals surface area contributed by atoms with E-state index in [1.807, 2.05) is 20.8 Å². The Labute approximate surface area is 128 Å². The minimum Gasteiger partial charge on any atom is -0.424 e. The SMILES string of the molecule is CCOP(=S)(OCC)Oc1ccc2oc(=O)cc(C)c2c1. The van der Waals surface area contributed by atoms with E-state index < -0.39 is 6.72 Å². The minimum atomic E-state index is -2.80. The molecule has 5 nitrogen and oxygen atoms in total. The van der Waals surface area contributed by atoms with E-state index >= 15 is 0 Å². The molecule has 0 aliphatic rings. The van der Waals surface area contributed by atoms with Gasteiger partial charge in [0.2, 0.25) is 0 Å². The van der Waals surface area contributed by atoms with Crippen LogP contribution in [0.4, 0.5) is 0 Å². The van der Waals surface area contributed by atoms with Gasteiger partial charge in [0.25, 0.3) is 0 Å². The number of benzene rings is 1. The molecule has 0 aliphatic carbocycles. The molecule has 21 heavy (non-hydrogen) atoms. The average molecular weight is 328 g/mol. The lowest BCUT2D eigenvalue weighted by Gasteiger charge is -2.21. The summed E-state index contributed by atoms with van der Waals surface area (Å²) in [5.74, 6) is 0.532. The fourth-order valence-corrected chi connectivity index (χ4v) is 3.97. The zero-order chi connectivity index (χ0) is 15.5. The Morgan fingerprint density at radius 1 is 1.19 bits per heavy atom. The van der Waals surface area contributed by atoms with Gasteiger partial charge in [-0.3, -0.25) is 9.05 Å². The van der Waals surface area contributed by atoms with Gasteiger partial charge in [-0.1, -0.05) is 0 Å². The molecule has 0 unspecified atom stereocenters. The molecule has 0 spiro atoms. The molecule has 0 N–H and O–H groups in total. The summed E-state index contributed by atoms with van der Waals surface area (Å²) < 4.78 is 21.8. The number of hydrogen-bond acceptors (Lipinski definition) is 6. The average Bonchev–Trinajstić information content (AvgIpc) is 2.39. The van der Waals surface area contributed by atoms with Crippen LogP contribution in [-0.2, 0) is 20.9 Å². The van der Waals surface area contributed by atoms with Crippen LogP contribution in [0.3, 0.4) is 0 Å². The van der Waals surface area contributed by atoms with Crippen molar-refractivity contribution in [2.45, 2.75) is 20.8 Å². The molecule has 2 aromatic rings. The summed E-state index contributed by atoms with van der Waals surface area (Å²) in [5, 5.41) is 0.793. The smallest absolute Gasteiger partial charge is 0.380 e. The van der Waals surface area contributed by atoms with Gasteiger partial charge >= 0.3 is 12.3 Å². The van der Waals surface area contributed by atoms with Crippen LogP contribution >= 0.6 is 6.72 Å². The summed E-state index contributed by atoms with van der Waals surface area (Å²) in [6.45, 7) is 3.54. The molecule has 0 saturated carbocycles. The molecule has 0 atom stereocenters.